The van der Waals surface area contributed by atoms with Crippen molar-refractivity contribution in [1.29, 1.82) is 0 Å². The molecule has 0 bridgehead atoms. The van der Waals surface area contributed by atoms with E-state index in [2.05, 4.69) is 5.32 Å². The second-order valence-electron chi connectivity index (χ2n) is 7.33. The van der Waals surface area contributed by atoms with Crippen LogP contribution in [0.25, 0.3) is 0 Å². The highest BCUT2D eigenvalue weighted by molar-refractivity contribution is 5.95. The first-order chi connectivity index (χ1) is 15.3. The maximum absolute atomic E-state index is 12.4. The Labute approximate surface area is 184 Å². The maximum atomic E-state index is 12.4. The van der Waals surface area contributed by atoms with E-state index in [1.165, 1.54) is 25.3 Å². The number of nitro groups is 1. The van der Waals surface area contributed by atoms with Gasteiger partial charge in [0.2, 0.25) is 5.91 Å². The Morgan fingerprint density at radius 1 is 1.25 bits per heavy atom. The fraction of sp³-hybridized carbons (Fsp3) is 0.318. The summed E-state index contributed by atoms with van der Waals surface area (Å²) in [5.74, 6) is -1.95. The number of hydrogen-bond donors (Lipinski definition) is 1. The summed E-state index contributed by atoms with van der Waals surface area (Å²) in [4.78, 5) is 49.1. The maximum Gasteiger partial charge on any atom is 0.311 e. The molecule has 1 heterocycles. The Bertz CT molecular complexity index is 1030. The molecule has 0 aromatic heterocycles. The van der Waals surface area contributed by atoms with Crippen molar-refractivity contribution in [2.24, 2.45) is 5.92 Å². The molecule has 10 nitrogen and oxygen atoms in total. The number of nitrogens with zero attached hydrogens (tertiary/aromatic N) is 2. The van der Waals surface area contributed by atoms with Crippen molar-refractivity contribution < 1.29 is 28.8 Å². The third-order valence-corrected chi connectivity index (χ3v) is 5.26. The van der Waals surface area contributed by atoms with E-state index in [4.69, 9.17) is 9.47 Å². The number of carbonyl (C=O) groups is 3. The van der Waals surface area contributed by atoms with Gasteiger partial charge in [-0.1, -0.05) is 30.3 Å². The molecule has 2 amide bonds. The number of benzene rings is 2. The predicted octanol–water partition coefficient (Wildman–Crippen LogP) is 2.69. The van der Waals surface area contributed by atoms with Crippen LogP contribution in [0.15, 0.2) is 48.5 Å². The lowest BCUT2D eigenvalue weighted by atomic mass is 10.1. The number of nitrogens with one attached hydrogen (secondary N) is 1. The predicted molar refractivity (Wildman–Crippen MR) is 114 cm³/mol. The molecule has 0 spiro atoms. The summed E-state index contributed by atoms with van der Waals surface area (Å²) in [6.45, 7) is 1.44. The molecule has 0 radical (unpaired) electrons. The summed E-state index contributed by atoms with van der Waals surface area (Å²) in [7, 11) is 1.39. The van der Waals surface area contributed by atoms with Crippen LogP contribution < -0.4 is 10.1 Å². The van der Waals surface area contributed by atoms with Gasteiger partial charge >= 0.3 is 5.97 Å². The molecule has 1 saturated heterocycles. The van der Waals surface area contributed by atoms with E-state index >= 15 is 0 Å². The van der Waals surface area contributed by atoms with Gasteiger partial charge < -0.3 is 19.7 Å². The number of carbonyl (C=O) groups excluding carboxylic acids is 3. The summed E-state index contributed by atoms with van der Waals surface area (Å²) >= 11 is 0. The van der Waals surface area contributed by atoms with Crippen LogP contribution in [-0.4, -0.2) is 47.9 Å². The number of esters is 1. The molecule has 0 aliphatic carbocycles. The minimum atomic E-state index is -0.742. The Kier molecular flexibility index (Phi) is 7.04. The number of hydrogen-bond acceptors (Lipinski definition) is 7. The van der Waals surface area contributed by atoms with E-state index < -0.39 is 29.3 Å². The van der Waals surface area contributed by atoms with Crippen molar-refractivity contribution in [1.82, 2.24) is 4.90 Å². The number of ether oxygens (including phenoxy) is 2. The lowest BCUT2D eigenvalue weighted by molar-refractivity contribution is -0.383. The lowest BCUT2D eigenvalue weighted by Crippen LogP contribution is -2.30. The third kappa shape index (κ3) is 5.20. The number of anilines is 1. The van der Waals surface area contributed by atoms with Crippen LogP contribution in [-0.2, 0) is 19.1 Å². The number of nitro benzene ring substituents is 1. The van der Waals surface area contributed by atoms with Gasteiger partial charge in [0.05, 0.1) is 24.0 Å². The summed E-state index contributed by atoms with van der Waals surface area (Å²) in [6.07, 6.45) is -0.00101. The van der Waals surface area contributed by atoms with Gasteiger partial charge in [0.15, 0.2) is 6.61 Å². The number of amides is 2. The van der Waals surface area contributed by atoms with Gasteiger partial charge in [-0.25, -0.2) is 0 Å². The number of likely N-dealkylation sites (tertiary alicyclic amines) is 1. The molecule has 1 N–H and O–H groups in total. The SMILES string of the molecule is COc1ccc([N+](=O)[O-])c(NC(=O)COC(=O)[C@H]2CC(=O)N([C@@H](C)c3ccccc3)C2)c1. The van der Waals surface area contributed by atoms with Gasteiger partial charge in [-0.05, 0) is 18.6 Å². The zero-order chi connectivity index (χ0) is 23.3. The molecule has 0 saturated carbocycles. The molecule has 168 valence electrons. The topological polar surface area (TPSA) is 128 Å². The monoisotopic (exact) mass is 441 g/mol. The van der Waals surface area contributed by atoms with Crippen LogP contribution in [0.2, 0.25) is 0 Å². The molecule has 0 unspecified atom stereocenters. The van der Waals surface area contributed by atoms with Crippen LogP contribution >= 0.6 is 0 Å². The molecule has 32 heavy (non-hydrogen) atoms. The van der Waals surface area contributed by atoms with Gasteiger partial charge in [0.1, 0.15) is 11.4 Å². The van der Waals surface area contributed by atoms with Crippen LogP contribution in [0.4, 0.5) is 11.4 Å². The van der Waals surface area contributed by atoms with Gasteiger partial charge in [-0.15, -0.1) is 0 Å². The zero-order valence-electron chi connectivity index (χ0n) is 17.6. The molecular weight excluding hydrogens is 418 g/mol. The first-order valence-corrected chi connectivity index (χ1v) is 9.93. The summed E-state index contributed by atoms with van der Waals surface area (Å²) in [6, 6.07) is 13.2. The van der Waals surface area contributed by atoms with Crippen LogP contribution in [0.5, 0.6) is 5.75 Å². The highest BCUT2D eigenvalue weighted by atomic mass is 16.6. The van der Waals surface area contributed by atoms with E-state index in [1.807, 2.05) is 37.3 Å². The molecule has 2 aromatic rings. The largest absolute Gasteiger partial charge is 0.497 e. The average molecular weight is 441 g/mol. The van der Waals surface area contributed by atoms with Gasteiger partial charge in [-0.2, -0.15) is 0 Å². The molecule has 2 atom stereocenters. The van der Waals surface area contributed by atoms with Crippen molar-refractivity contribution in [3.63, 3.8) is 0 Å². The third-order valence-electron chi connectivity index (χ3n) is 5.26. The summed E-state index contributed by atoms with van der Waals surface area (Å²) < 4.78 is 10.1. The van der Waals surface area contributed by atoms with Gasteiger partial charge in [0.25, 0.3) is 11.6 Å². The van der Waals surface area contributed by atoms with E-state index in [0.717, 1.165) is 5.56 Å². The van der Waals surface area contributed by atoms with E-state index in [-0.39, 0.29) is 36.3 Å². The van der Waals surface area contributed by atoms with Gasteiger partial charge in [-0.3, -0.25) is 24.5 Å². The van der Waals surface area contributed by atoms with Crippen LogP contribution in [0, 0.1) is 16.0 Å². The second-order valence-corrected chi connectivity index (χ2v) is 7.33. The van der Waals surface area contributed by atoms with Crippen LogP contribution in [0.3, 0.4) is 0 Å². The van der Waals surface area contributed by atoms with Crippen molar-refractivity contribution in [2.45, 2.75) is 19.4 Å². The van der Waals surface area contributed by atoms with E-state index in [0.29, 0.717) is 5.75 Å². The molecule has 1 fully saturated rings. The second kappa shape index (κ2) is 9.90. The van der Waals surface area contributed by atoms with Crippen molar-refractivity contribution in [3.05, 3.63) is 64.2 Å². The first kappa shape index (κ1) is 22.7. The highest BCUT2D eigenvalue weighted by Gasteiger charge is 2.38. The standard InChI is InChI=1S/C22H23N3O7/c1-14(15-6-4-3-5-7-15)24-12-16(10-21(24)27)22(28)32-13-20(26)23-18-11-17(31-2)8-9-19(18)25(29)30/h3-9,11,14,16H,10,12-13H2,1-2H3,(H,23,26)/t14-,16-/m0/s1. The quantitative estimate of drug-likeness (QED) is 0.379. The van der Waals surface area contributed by atoms with E-state index in [1.54, 1.807) is 4.90 Å². The normalized spacial score (nSPS) is 16.4. The fourth-order valence-electron chi connectivity index (χ4n) is 3.52. The minimum absolute atomic E-state index is 0.00101. The molecule has 3 rings (SSSR count). The Balaban J connectivity index is 1.56. The number of methoxy groups -OCH3 is 1. The fourth-order valence-corrected chi connectivity index (χ4v) is 3.52. The Hall–Kier alpha value is -3.95. The van der Waals surface area contributed by atoms with E-state index in [9.17, 15) is 24.5 Å². The molecule has 10 heteroatoms. The number of rotatable bonds is 8. The molecule has 2 aromatic carbocycles. The van der Waals surface area contributed by atoms with Gasteiger partial charge in [0, 0.05) is 25.1 Å². The lowest BCUT2D eigenvalue weighted by Gasteiger charge is -2.25. The van der Waals surface area contributed by atoms with Crippen molar-refractivity contribution in [2.75, 3.05) is 25.6 Å². The summed E-state index contributed by atoms with van der Waals surface area (Å²) in [5.41, 5.74) is 0.556. The Morgan fingerprint density at radius 3 is 2.62 bits per heavy atom. The average Bonchev–Trinajstić information content (AvgIpc) is 3.18. The van der Waals surface area contributed by atoms with Crippen molar-refractivity contribution in [3.8, 4) is 5.75 Å². The molecule has 1 aliphatic rings. The Morgan fingerprint density at radius 2 is 1.97 bits per heavy atom. The smallest absolute Gasteiger partial charge is 0.311 e. The molecular formula is C22H23N3O7. The van der Waals surface area contributed by atoms with Crippen molar-refractivity contribution >= 4 is 29.2 Å². The van der Waals surface area contributed by atoms with Crippen LogP contribution in [0.1, 0.15) is 24.9 Å². The highest BCUT2D eigenvalue weighted by Crippen LogP contribution is 2.30. The summed E-state index contributed by atoms with van der Waals surface area (Å²) in [5, 5.41) is 13.5. The molecule has 1 aliphatic heterocycles. The zero-order valence-corrected chi connectivity index (χ0v) is 17.6. The minimum Gasteiger partial charge on any atom is -0.497 e. The first-order valence-electron chi connectivity index (χ1n) is 9.93.